The Morgan fingerprint density at radius 3 is 1.50 bits per heavy atom. The van der Waals surface area contributed by atoms with Crippen molar-refractivity contribution in [1.29, 1.82) is 0 Å². The first-order valence-corrected chi connectivity index (χ1v) is 4.50. The van der Waals surface area contributed by atoms with Gasteiger partial charge in [0.15, 0.2) is 0 Å². The number of hydrogen-bond acceptors (Lipinski definition) is 5. The molecule has 0 aliphatic heterocycles. The van der Waals surface area contributed by atoms with Crippen LogP contribution in [0.3, 0.4) is 0 Å². The molecule has 88 valence electrons. The monoisotopic (exact) mass is 210 g/mol. The summed E-state index contributed by atoms with van der Waals surface area (Å²) >= 11 is 0. The molecule has 0 radical (unpaired) electrons. The van der Waals surface area contributed by atoms with Crippen LogP contribution in [0.25, 0.3) is 0 Å². The fourth-order valence-electron chi connectivity index (χ4n) is 0.465. The van der Waals surface area contributed by atoms with E-state index in [4.69, 9.17) is 32.5 Å². The molecular weight excluding hydrogens is 188 g/mol. The summed E-state index contributed by atoms with van der Waals surface area (Å²) in [4.78, 5) is 8.36. The number of hydrogen-bond donors (Lipinski definition) is 4. The van der Waals surface area contributed by atoms with E-state index in [0.717, 1.165) is 32.5 Å². The van der Waals surface area contributed by atoms with Gasteiger partial charge in [-0.05, 0) is 32.5 Å². The summed E-state index contributed by atoms with van der Waals surface area (Å²) < 4.78 is 0. The van der Waals surface area contributed by atoms with Gasteiger partial charge in [-0.25, -0.2) is 0 Å². The van der Waals surface area contributed by atoms with E-state index in [2.05, 4.69) is 0 Å². The van der Waals surface area contributed by atoms with Crippen LogP contribution >= 0.6 is 0 Å². The molecule has 0 spiro atoms. The second-order valence-electron chi connectivity index (χ2n) is 2.28. The van der Waals surface area contributed by atoms with E-state index in [0.29, 0.717) is 0 Å². The van der Waals surface area contributed by atoms with Gasteiger partial charge < -0.3 is 22.4 Å². The molecule has 0 aliphatic rings. The van der Waals surface area contributed by atoms with Gasteiger partial charge in [-0.3, -0.25) is 0 Å². The van der Waals surface area contributed by atoms with Gasteiger partial charge in [0, 0.05) is 0 Å². The van der Waals surface area contributed by atoms with Gasteiger partial charge in [0.2, 0.25) is 0 Å². The van der Waals surface area contributed by atoms with E-state index in [-0.39, 0.29) is 0 Å². The molecule has 0 aliphatic carbocycles. The van der Waals surface area contributed by atoms with E-state index in [1.54, 1.807) is 0 Å². The lowest BCUT2D eigenvalue weighted by atomic mass is 10.2. The Morgan fingerprint density at radius 1 is 1.14 bits per heavy atom. The average Bonchev–Trinajstić information content (AvgIpc) is 2.06. The predicted molar refractivity (Wildman–Crippen MR) is 55.5 cm³/mol. The summed E-state index contributed by atoms with van der Waals surface area (Å²) in [5, 5.41) is 13.6. The van der Waals surface area contributed by atoms with Crippen molar-refractivity contribution in [2.75, 3.05) is 19.6 Å². The molecule has 0 atom stereocenters. The molecule has 0 amide bonds. The maximum absolute atomic E-state index is 8.36. The quantitative estimate of drug-likeness (QED) is 0.285. The molecule has 0 aromatic rings. The number of nitrogens with two attached hydrogens (primary N) is 3. The molecule has 0 unspecified atom stereocenters. The zero-order valence-electron chi connectivity index (χ0n) is 8.69. The molecule has 7 heteroatoms. The van der Waals surface area contributed by atoms with Gasteiger partial charge >= 0.3 is 0 Å². The van der Waals surface area contributed by atoms with Crippen molar-refractivity contribution in [3.05, 3.63) is 10.1 Å². The van der Waals surface area contributed by atoms with Crippen molar-refractivity contribution < 1.29 is 10.3 Å². The molecule has 0 aromatic heterocycles. The van der Waals surface area contributed by atoms with E-state index in [1.807, 2.05) is 6.92 Å². The first kappa shape index (κ1) is 18.8. The lowest BCUT2D eigenvalue weighted by Crippen LogP contribution is -2.02. The molecule has 0 rings (SSSR count). The predicted octanol–water partition coefficient (Wildman–Crippen LogP) is -0.309. The summed E-state index contributed by atoms with van der Waals surface area (Å²) in [6.45, 7) is 4.26. The highest BCUT2D eigenvalue weighted by Gasteiger charge is 1.80. The fourth-order valence-corrected chi connectivity index (χ4v) is 0.465. The lowest BCUT2D eigenvalue weighted by molar-refractivity contribution is -0.742. The first-order chi connectivity index (χ1) is 6.56. The molecule has 0 fully saturated rings. The number of unbranched alkanes of at least 4 members (excludes halogenated alkanes) is 2. The van der Waals surface area contributed by atoms with Gasteiger partial charge in [-0.2, -0.15) is 0 Å². The van der Waals surface area contributed by atoms with E-state index in [1.165, 1.54) is 6.42 Å². The third-order valence-corrected chi connectivity index (χ3v) is 0.908. The highest BCUT2D eigenvalue weighted by molar-refractivity contribution is 4.41. The second kappa shape index (κ2) is 22.7. The van der Waals surface area contributed by atoms with Crippen LogP contribution in [0.5, 0.6) is 0 Å². The minimum Gasteiger partial charge on any atom is -0.331 e. The van der Waals surface area contributed by atoms with Crippen LogP contribution in [0.1, 0.15) is 26.2 Å². The average molecular weight is 210 g/mol. The third-order valence-electron chi connectivity index (χ3n) is 0.908. The highest BCUT2D eigenvalue weighted by Crippen LogP contribution is 1.88. The zero-order valence-corrected chi connectivity index (χ0v) is 8.69. The Hall–Kier alpha value is -0.920. The lowest BCUT2D eigenvalue weighted by Gasteiger charge is -1.91. The van der Waals surface area contributed by atoms with Gasteiger partial charge in [-0.1, -0.05) is 13.3 Å². The Morgan fingerprint density at radius 2 is 1.36 bits per heavy atom. The third kappa shape index (κ3) is 119. The molecule has 14 heavy (non-hydrogen) atoms. The molecule has 0 saturated heterocycles. The summed E-state index contributed by atoms with van der Waals surface area (Å²) in [7, 11) is 0. The smallest absolute Gasteiger partial charge is 0.291 e. The van der Waals surface area contributed by atoms with Crippen LogP contribution < -0.4 is 17.2 Å². The Kier molecular flexibility index (Phi) is 30.5. The van der Waals surface area contributed by atoms with E-state index < -0.39 is 5.09 Å². The van der Waals surface area contributed by atoms with Crippen molar-refractivity contribution >= 4 is 0 Å². The maximum Gasteiger partial charge on any atom is 0.291 e. The Balaban J connectivity index is -0.000000147. The largest absolute Gasteiger partial charge is 0.331 e. The standard InChI is InChI=1S/C5H14N2.C2H7N.HNO3/c6-4-2-1-3-5-7;1-2-3;2-1(3)4/h1-7H2;2-3H2,1H3;(H,2,3,4). The van der Waals surface area contributed by atoms with Gasteiger partial charge in [0.1, 0.15) is 0 Å². The summed E-state index contributed by atoms with van der Waals surface area (Å²) in [6.07, 6.45) is 3.43. The summed E-state index contributed by atoms with van der Waals surface area (Å²) in [6, 6.07) is 0. The Bertz CT molecular complexity index is 94.9. The van der Waals surface area contributed by atoms with Gasteiger partial charge in [0.25, 0.3) is 5.09 Å². The number of nitrogens with zero attached hydrogens (tertiary/aromatic N) is 1. The molecule has 0 saturated carbocycles. The van der Waals surface area contributed by atoms with Crippen LogP contribution in [0.4, 0.5) is 0 Å². The van der Waals surface area contributed by atoms with Crippen LogP contribution in [-0.2, 0) is 0 Å². The Labute approximate surface area is 84.4 Å². The van der Waals surface area contributed by atoms with Crippen molar-refractivity contribution in [2.45, 2.75) is 26.2 Å². The maximum atomic E-state index is 8.36. The first-order valence-electron chi connectivity index (χ1n) is 4.50. The fraction of sp³-hybridized carbons (Fsp3) is 1.00. The molecule has 7 N–H and O–H groups in total. The highest BCUT2D eigenvalue weighted by atomic mass is 16.9. The second-order valence-corrected chi connectivity index (χ2v) is 2.28. The molecule has 0 bridgehead atoms. The normalized spacial score (nSPS) is 7.71. The SMILES string of the molecule is CCN.NCCCCCN.O=[N+]([O-])O. The zero-order chi connectivity index (χ0) is 11.8. The molecule has 0 aromatic carbocycles. The van der Waals surface area contributed by atoms with Gasteiger partial charge in [0.05, 0.1) is 0 Å². The van der Waals surface area contributed by atoms with Crippen LogP contribution in [0.15, 0.2) is 0 Å². The molecule has 0 heterocycles. The van der Waals surface area contributed by atoms with Crippen molar-refractivity contribution in [2.24, 2.45) is 17.2 Å². The van der Waals surface area contributed by atoms with Crippen molar-refractivity contribution in [3.63, 3.8) is 0 Å². The topological polar surface area (TPSA) is 141 Å². The van der Waals surface area contributed by atoms with Crippen LogP contribution in [0.2, 0.25) is 0 Å². The molecule has 7 nitrogen and oxygen atoms in total. The van der Waals surface area contributed by atoms with Crippen molar-refractivity contribution in [1.82, 2.24) is 0 Å². The van der Waals surface area contributed by atoms with Crippen molar-refractivity contribution in [3.8, 4) is 0 Å². The van der Waals surface area contributed by atoms with Gasteiger partial charge in [-0.15, -0.1) is 10.1 Å². The summed E-state index contributed by atoms with van der Waals surface area (Å²) in [5.41, 5.74) is 15.3. The minimum atomic E-state index is -1.50. The minimum absolute atomic E-state index is 0.750. The van der Waals surface area contributed by atoms with Crippen LogP contribution in [0, 0.1) is 10.1 Å². The number of rotatable bonds is 4. The van der Waals surface area contributed by atoms with E-state index >= 15 is 0 Å². The van der Waals surface area contributed by atoms with Crippen LogP contribution in [-0.4, -0.2) is 29.9 Å². The van der Waals surface area contributed by atoms with E-state index in [9.17, 15) is 0 Å². The molecular formula is C7H22N4O3. The summed E-state index contributed by atoms with van der Waals surface area (Å²) in [5.74, 6) is 0.